The van der Waals surface area contributed by atoms with E-state index in [-0.39, 0.29) is 24.8 Å². The van der Waals surface area contributed by atoms with E-state index in [1.165, 1.54) is 5.69 Å². The summed E-state index contributed by atoms with van der Waals surface area (Å²) in [7, 11) is 1.70. The summed E-state index contributed by atoms with van der Waals surface area (Å²) in [6, 6.07) is 9.01. The quantitative estimate of drug-likeness (QED) is 0.853. The second-order valence-electron chi connectivity index (χ2n) is 4.81. The van der Waals surface area contributed by atoms with Crippen molar-refractivity contribution in [1.29, 1.82) is 0 Å². The molecule has 1 aromatic rings. The van der Waals surface area contributed by atoms with E-state index in [4.69, 9.17) is 4.74 Å². The van der Waals surface area contributed by atoms with Crippen LogP contribution in [0.4, 0.5) is 5.69 Å². The number of piperazine rings is 1. The Kier molecular flexibility index (Phi) is 8.23. The Morgan fingerprint density at radius 3 is 1.89 bits per heavy atom. The van der Waals surface area contributed by atoms with E-state index in [1.54, 1.807) is 7.11 Å². The van der Waals surface area contributed by atoms with Gasteiger partial charge in [-0.2, -0.15) is 0 Å². The van der Waals surface area contributed by atoms with Gasteiger partial charge < -0.3 is 9.64 Å². The fourth-order valence-corrected chi connectivity index (χ4v) is 2.29. The Balaban J connectivity index is 0.00000162. The van der Waals surface area contributed by atoms with Gasteiger partial charge in [-0.25, -0.2) is 0 Å². The number of anilines is 1. The lowest BCUT2D eigenvalue weighted by atomic mass is 10.2. The lowest BCUT2D eigenvalue weighted by Crippen LogP contribution is -2.48. The molecule has 0 saturated carbocycles. The molecule has 1 saturated heterocycles. The van der Waals surface area contributed by atoms with Crippen molar-refractivity contribution in [1.82, 2.24) is 4.90 Å². The maximum absolute atomic E-state index is 5.18. The summed E-state index contributed by atoms with van der Waals surface area (Å²) >= 11 is 0. The summed E-state index contributed by atoms with van der Waals surface area (Å²) in [5, 5.41) is 0. The molecular formula is C14H24Cl2N2O. The minimum atomic E-state index is 0. The zero-order chi connectivity index (χ0) is 12.3. The molecule has 1 aliphatic heterocycles. The van der Waals surface area contributed by atoms with Crippen LogP contribution in [-0.2, 0) is 0 Å². The number of hydrogen-bond acceptors (Lipinski definition) is 3. The Morgan fingerprint density at radius 2 is 1.47 bits per heavy atom. The van der Waals surface area contributed by atoms with Crippen LogP contribution >= 0.6 is 24.8 Å². The first-order valence-corrected chi connectivity index (χ1v) is 6.34. The predicted octanol–water partition coefficient (Wildman–Crippen LogP) is 3.07. The van der Waals surface area contributed by atoms with Crippen molar-refractivity contribution >= 4 is 30.5 Å². The number of halogens is 2. The second kappa shape index (κ2) is 8.51. The maximum atomic E-state index is 5.18. The van der Waals surface area contributed by atoms with E-state index in [0.29, 0.717) is 6.04 Å². The van der Waals surface area contributed by atoms with Gasteiger partial charge in [-0.3, -0.25) is 4.90 Å². The summed E-state index contributed by atoms with van der Waals surface area (Å²) < 4.78 is 5.18. The lowest BCUT2D eigenvalue weighted by Gasteiger charge is -2.38. The van der Waals surface area contributed by atoms with E-state index in [2.05, 4.69) is 35.8 Å². The van der Waals surface area contributed by atoms with Crippen LogP contribution in [0, 0.1) is 0 Å². The topological polar surface area (TPSA) is 15.7 Å². The smallest absolute Gasteiger partial charge is 0.119 e. The average Bonchev–Trinajstić information content (AvgIpc) is 2.39. The molecule has 19 heavy (non-hydrogen) atoms. The Morgan fingerprint density at radius 1 is 0.947 bits per heavy atom. The molecule has 1 aromatic carbocycles. The highest BCUT2D eigenvalue weighted by Gasteiger charge is 2.18. The van der Waals surface area contributed by atoms with Crippen LogP contribution in [0.15, 0.2) is 24.3 Å². The molecule has 0 bridgehead atoms. The Bertz CT molecular complexity index is 349. The van der Waals surface area contributed by atoms with E-state index in [0.717, 1.165) is 31.9 Å². The normalized spacial score (nSPS) is 15.7. The van der Waals surface area contributed by atoms with Gasteiger partial charge >= 0.3 is 0 Å². The molecule has 5 heteroatoms. The molecule has 1 fully saturated rings. The fourth-order valence-electron chi connectivity index (χ4n) is 2.29. The van der Waals surface area contributed by atoms with E-state index < -0.39 is 0 Å². The second-order valence-corrected chi connectivity index (χ2v) is 4.81. The molecule has 0 amide bonds. The maximum Gasteiger partial charge on any atom is 0.119 e. The van der Waals surface area contributed by atoms with Crippen molar-refractivity contribution in [3.05, 3.63) is 24.3 Å². The number of methoxy groups -OCH3 is 1. The molecule has 0 N–H and O–H groups in total. The van der Waals surface area contributed by atoms with Crippen molar-refractivity contribution in [3.63, 3.8) is 0 Å². The largest absolute Gasteiger partial charge is 0.497 e. The summed E-state index contributed by atoms with van der Waals surface area (Å²) in [4.78, 5) is 4.97. The van der Waals surface area contributed by atoms with Crippen molar-refractivity contribution in [2.24, 2.45) is 0 Å². The molecule has 0 aliphatic carbocycles. The van der Waals surface area contributed by atoms with Gasteiger partial charge in [0.15, 0.2) is 0 Å². The highest BCUT2D eigenvalue weighted by molar-refractivity contribution is 5.85. The molecule has 1 aliphatic rings. The number of nitrogens with zero attached hydrogens (tertiary/aromatic N) is 2. The minimum Gasteiger partial charge on any atom is -0.497 e. The van der Waals surface area contributed by atoms with Crippen molar-refractivity contribution in [2.75, 3.05) is 38.2 Å². The molecular weight excluding hydrogens is 283 g/mol. The van der Waals surface area contributed by atoms with Crippen LogP contribution < -0.4 is 9.64 Å². The summed E-state index contributed by atoms with van der Waals surface area (Å²) in [5.41, 5.74) is 1.30. The van der Waals surface area contributed by atoms with Crippen LogP contribution in [0.5, 0.6) is 5.75 Å². The number of rotatable bonds is 3. The predicted molar refractivity (Wildman–Crippen MR) is 86.4 cm³/mol. The molecule has 0 unspecified atom stereocenters. The van der Waals surface area contributed by atoms with Crippen LogP contribution in [0.3, 0.4) is 0 Å². The SMILES string of the molecule is COc1ccc(N2CCN(C(C)C)CC2)cc1.Cl.Cl. The van der Waals surface area contributed by atoms with E-state index in [1.807, 2.05) is 12.1 Å². The molecule has 0 aromatic heterocycles. The number of hydrogen-bond donors (Lipinski definition) is 0. The van der Waals surface area contributed by atoms with E-state index in [9.17, 15) is 0 Å². The van der Waals surface area contributed by atoms with Gasteiger partial charge in [0.05, 0.1) is 7.11 Å². The molecule has 2 rings (SSSR count). The molecule has 3 nitrogen and oxygen atoms in total. The van der Waals surface area contributed by atoms with Gasteiger partial charge in [-0.05, 0) is 38.1 Å². The molecule has 0 spiro atoms. The summed E-state index contributed by atoms with van der Waals surface area (Å²) in [5.74, 6) is 0.926. The van der Waals surface area contributed by atoms with Crippen LogP contribution in [0.1, 0.15) is 13.8 Å². The third-order valence-electron chi connectivity index (χ3n) is 3.48. The van der Waals surface area contributed by atoms with Gasteiger partial charge in [0.2, 0.25) is 0 Å². The van der Waals surface area contributed by atoms with Gasteiger partial charge in [-0.15, -0.1) is 24.8 Å². The Labute approximate surface area is 128 Å². The van der Waals surface area contributed by atoms with Crippen molar-refractivity contribution in [3.8, 4) is 5.75 Å². The van der Waals surface area contributed by atoms with Gasteiger partial charge in [0.25, 0.3) is 0 Å². The van der Waals surface area contributed by atoms with E-state index >= 15 is 0 Å². The minimum absolute atomic E-state index is 0. The third-order valence-corrected chi connectivity index (χ3v) is 3.48. The first-order chi connectivity index (χ1) is 8.20. The van der Waals surface area contributed by atoms with Gasteiger partial charge in [-0.1, -0.05) is 0 Å². The molecule has 0 radical (unpaired) electrons. The van der Waals surface area contributed by atoms with Crippen LogP contribution in [0.2, 0.25) is 0 Å². The van der Waals surface area contributed by atoms with Gasteiger partial charge in [0.1, 0.15) is 5.75 Å². The third kappa shape index (κ3) is 4.75. The first-order valence-electron chi connectivity index (χ1n) is 6.34. The molecule has 110 valence electrons. The fraction of sp³-hybridized carbons (Fsp3) is 0.571. The van der Waals surface area contributed by atoms with Gasteiger partial charge in [0, 0.05) is 37.9 Å². The highest BCUT2D eigenvalue weighted by Crippen LogP contribution is 2.20. The zero-order valence-electron chi connectivity index (χ0n) is 11.8. The summed E-state index contributed by atoms with van der Waals surface area (Å²) in [6.07, 6.45) is 0. The van der Waals surface area contributed by atoms with Crippen LogP contribution in [-0.4, -0.2) is 44.2 Å². The lowest BCUT2D eigenvalue weighted by molar-refractivity contribution is 0.209. The zero-order valence-corrected chi connectivity index (χ0v) is 13.5. The van der Waals surface area contributed by atoms with Crippen molar-refractivity contribution in [2.45, 2.75) is 19.9 Å². The average molecular weight is 307 g/mol. The molecule has 0 atom stereocenters. The standard InChI is InChI=1S/C14H22N2O.2ClH/c1-12(2)15-8-10-16(11-9-15)13-4-6-14(17-3)7-5-13;;/h4-7,12H,8-11H2,1-3H3;2*1H. The Hall–Kier alpha value is -0.640. The molecule has 1 heterocycles. The number of benzene rings is 1. The monoisotopic (exact) mass is 306 g/mol. The highest BCUT2D eigenvalue weighted by atomic mass is 35.5. The summed E-state index contributed by atoms with van der Waals surface area (Å²) in [6.45, 7) is 9.08. The van der Waals surface area contributed by atoms with Crippen LogP contribution in [0.25, 0.3) is 0 Å². The number of ether oxygens (including phenoxy) is 1. The first kappa shape index (κ1) is 18.4. The van der Waals surface area contributed by atoms with Crippen molar-refractivity contribution < 1.29 is 4.74 Å².